The van der Waals surface area contributed by atoms with E-state index >= 15 is 0 Å². The lowest BCUT2D eigenvalue weighted by Crippen LogP contribution is -2.35. The van der Waals surface area contributed by atoms with Crippen molar-refractivity contribution >= 4 is 0 Å². The smallest absolute Gasteiger partial charge is 0.230 e. The fourth-order valence-corrected chi connectivity index (χ4v) is 5.48. The molecule has 0 N–H and O–H groups in total. The van der Waals surface area contributed by atoms with Gasteiger partial charge in [0.1, 0.15) is 18.9 Å². The fraction of sp³-hybridized carbons (Fsp3) is 0.571. The second kappa shape index (κ2) is 18.8. The van der Waals surface area contributed by atoms with Gasteiger partial charge in [0.2, 0.25) is 0 Å². The summed E-state index contributed by atoms with van der Waals surface area (Å²) in [6.07, 6.45) is 28.7. The third-order valence-electron chi connectivity index (χ3n) is 7.70. The largest absolute Gasteiger partial charge is 0.289 e. The van der Waals surface area contributed by atoms with Crippen LogP contribution in [0.1, 0.15) is 122 Å². The molecule has 2 heteroatoms. The molecule has 0 aliphatic heterocycles. The summed E-state index contributed by atoms with van der Waals surface area (Å²) < 4.78 is 4.86. The van der Waals surface area contributed by atoms with Gasteiger partial charge < -0.3 is 0 Å². The second-order valence-electron chi connectivity index (χ2n) is 11.0. The monoisotopic (exact) mass is 501 g/mol. The molecule has 0 amide bonds. The predicted molar refractivity (Wildman–Crippen MR) is 160 cm³/mol. The lowest BCUT2D eigenvalue weighted by atomic mass is 10.0. The van der Waals surface area contributed by atoms with Crippen molar-refractivity contribution in [2.24, 2.45) is 0 Å². The number of aryl methyl sites for hydroxylation is 1. The van der Waals surface area contributed by atoms with Gasteiger partial charge in [-0.05, 0) is 30.5 Å². The van der Waals surface area contributed by atoms with Crippen molar-refractivity contribution in [2.75, 3.05) is 0 Å². The molecule has 0 unspecified atom stereocenters. The highest BCUT2D eigenvalue weighted by Gasteiger charge is 2.19. The highest BCUT2D eigenvalue weighted by atomic mass is 15.1. The fourth-order valence-electron chi connectivity index (χ4n) is 5.48. The first-order chi connectivity index (χ1) is 18.4. The molecule has 0 spiro atoms. The van der Waals surface area contributed by atoms with Crippen LogP contribution in [0, 0.1) is 0 Å². The molecule has 37 heavy (non-hydrogen) atoms. The molecule has 202 valence electrons. The van der Waals surface area contributed by atoms with E-state index in [1.54, 1.807) is 0 Å². The second-order valence-corrected chi connectivity index (χ2v) is 11.0. The molecule has 2 nitrogen and oxygen atoms in total. The minimum Gasteiger partial charge on any atom is -0.230 e. The van der Waals surface area contributed by atoms with Crippen LogP contribution in [0.3, 0.4) is 0 Å². The average molecular weight is 502 g/mol. The van der Waals surface area contributed by atoms with Crippen LogP contribution >= 0.6 is 0 Å². The molecule has 3 aromatic rings. The Hall–Kier alpha value is -2.35. The number of unbranched alkanes of at least 4 members (excludes halogenated alkanes) is 16. The van der Waals surface area contributed by atoms with E-state index in [9.17, 15) is 0 Å². The summed E-state index contributed by atoms with van der Waals surface area (Å²) in [4.78, 5) is 0. The van der Waals surface area contributed by atoms with Gasteiger partial charge in [-0.2, -0.15) is 0 Å². The van der Waals surface area contributed by atoms with Gasteiger partial charge in [-0.3, -0.25) is 0 Å². The Labute approximate surface area is 228 Å². The molecule has 0 saturated carbocycles. The highest BCUT2D eigenvalue weighted by Crippen LogP contribution is 2.18. The van der Waals surface area contributed by atoms with E-state index < -0.39 is 0 Å². The van der Waals surface area contributed by atoms with E-state index in [0.717, 1.165) is 13.1 Å². The van der Waals surface area contributed by atoms with Gasteiger partial charge in [-0.1, -0.05) is 152 Å². The minimum atomic E-state index is 0.914. The Balaban J connectivity index is 1.26. The minimum absolute atomic E-state index is 0.914. The van der Waals surface area contributed by atoms with E-state index in [1.165, 1.54) is 126 Å². The lowest BCUT2D eigenvalue weighted by molar-refractivity contribution is -0.686. The summed E-state index contributed by atoms with van der Waals surface area (Å²) in [5.74, 6) is 1.32. The molecule has 2 aromatic carbocycles. The summed E-state index contributed by atoms with van der Waals surface area (Å²) in [7, 11) is 0. The van der Waals surface area contributed by atoms with Crippen LogP contribution in [0.25, 0.3) is 11.4 Å². The highest BCUT2D eigenvalue weighted by molar-refractivity contribution is 5.52. The van der Waals surface area contributed by atoms with Gasteiger partial charge in [0.05, 0.1) is 12.1 Å². The van der Waals surface area contributed by atoms with E-state index in [1.807, 2.05) is 0 Å². The van der Waals surface area contributed by atoms with Crippen LogP contribution in [0.2, 0.25) is 0 Å². The third kappa shape index (κ3) is 11.7. The molecule has 0 aliphatic carbocycles. The Morgan fingerprint density at radius 2 is 1.00 bits per heavy atom. The SMILES string of the molecule is CCCCCCCCCCCCCCCCCCC[n+]1ccn(Cc2ccccc2)c1-c1ccccc1. The van der Waals surface area contributed by atoms with Crippen LogP contribution in [0.4, 0.5) is 0 Å². The van der Waals surface area contributed by atoms with Gasteiger partial charge >= 0.3 is 0 Å². The third-order valence-corrected chi connectivity index (χ3v) is 7.70. The predicted octanol–water partition coefficient (Wildman–Crippen LogP) is 10.1. The van der Waals surface area contributed by atoms with Gasteiger partial charge in [0, 0.05) is 0 Å². The van der Waals surface area contributed by atoms with Gasteiger partial charge in [-0.15, -0.1) is 0 Å². The van der Waals surface area contributed by atoms with E-state index in [2.05, 4.69) is 89.1 Å². The van der Waals surface area contributed by atoms with E-state index in [-0.39, 0.29) is 0 Å². The first-order valence-corrected chi connectivity index (χ1v) is 15.6. The zero-order chi connectivity index (χ0) is 25.8. The summed E-state index contributed by atoms with van der Waals surface area (Å²) in [5, 5.41) is 0. The number of hydrogen-bond donors (Lipinski definition) is 0. The molecular formula is C35H53N2+. The molecule has 3 rings (SSSR count). The quantitative estimate of drug-likeness (QED) is 0.101. The van der Waals surface area contributed by atoms with Crippen molar-refractivity contribution in [3.8, 4) is 11.4 Å². The topological polar surface area (TPSA) is 8.81 Å². The Kier molecular flexibility index (Phi) is 14.9. The first-order valence-electron chi connectivity index (χ1n) is 15.6. The standard InChI is InChI=1S/C35H53N2/c1-2-3-4-5-6-7-8-9-10-11-12-13-14-15-16-17-24-29-36-30-31-37(32-33-25-20-18-21-26-33)35(36)34-27-22-19-23-28-34/h18-23,25-28,30-31H,2-17,24,29,32H2,1H3/q+1. The zero-order valence-corrected chi connectivity index (χ0v) is 23.8. The summed E-state index contributed by atoms with van der Waals surface area (Å²) in [6.45, 7) is 4.32. The number of nitrogens with zero attached hydrogens (tertiary/aromatic N) is 2. The summed E-state index contributed by atoms with van der Waals surface area (Å²) >= 11 is 0. The van der Waals surface area contributed by atoms with Crippen molar-refractivity contribution in [3.05, 3.63) is 78.6 Å². The Bertz CT molecular complexity index is 928. The van der Waals surface area contributed by atoms with Crippen LogP contribution < -0.4 is 4.57 Å². The van der Waals surface area contributed by atoms with Gasteiger partial charge in [0.25, 0.3) is 5.82 Å². The van der Waals surface area contributed by atoms with Crippen molar-refractivity contribution in [1.29, 1.82) is 0 Å². The molecule has 0 fully saturated rings. The van der Waals surface area contributed by atoms with Gasteiger partial charge in [0.15, 0.2) is 0 Å². The number of rotatable bonds is 21. The van der Waals surface area contributed by atoms with Gasteiger partial charge in [-0.25, -0.2) is 9.13 Å². The summed E-state index contributed by atoms with van der Waals surface area (Å²) in [6, 6.07) is 21.7. The molecule has 1 aromatic heterocycles. The van der Waals surface area contributed by atoms with Crippen molar-refractivity contribution < 1.29 is 4.57 Å². The summed E-state index contributed by atoms with van der Waals surface area (Å²) in [5.41, 5.74) is 2.65. The molecule has 0 saturated heterocycles. The first kappa shape index (κ1) is 29.2. The number of hydrogen-bond acceptors (Lipinski definition) is 0. The zero-order valence-electron chi connectivity index (χ0n) is 23.8. The molecule has 0 bridgehead atoms. The number of imidazole rings is 1. The maximum Gasteiger partial charge on any atom is 0.289 e. The number of benzene rings is 2. The average Bonchev–Trinajstić information content (AvgIpc) is 3.33. The molecule has 0 radical (unpaired) electrons. The molecule has 1 heterocycles. The number of aromatic nitrogens is 2. The van der Waals surface area contributed by atoms with Crippen LogP contribution in [0.5, 0.6) is 0 Å². The molecular weight excluding hydrogens is 448 g/mol. The van der Waals surface area contributed by atoms with E-state index in [0.29, 0.717) is 0 Å². The Morgan fingerprint density at radius 1 is 0.541 bits per heavy atom. The molecule has 0 atom stereocenters. The van der Waals surface area contributed by atoms with Crippen molar-refractivity contribution in [3.63, 3.8) is 0 Å². The maximum absolute atomic E-state index is 2.46. The normalized spacial score (nSPS) is 11.3. The van der Waals surface area contributed by atoms with Crippen molar-refractivity contribution in [2.45, 2.75) is 129 Å². The van der Waals surface area contributed by atoms with Crippen LogP contribution in [-0.2, 0) is 13.1 Å². The van der Waals surface area contributed by atoms with Crippen LogP contribution in [0.15, 0.2) is 73.1 Å². The van der Waals surface area contributed by atoms with E-state index in [4.69, 9.17) is 0 Å². The Morgan fingerprint density at radius 3 is 1.51 bits per heavy atom. The van der Waals surface area contributed by atoms with Crippen molar-refractivity contribution in [1.82, 2.24) is 4.57 Å². The van der Waals surface area contributed by atoms with Crippen LogP contribution in [-0.4, -0.2) is 4.57 Å². The lowest BCUT2D eigenvalue weighted by Gasteiger charge is -2.06. The maximum atomic E-state index is 2.46. The molecule has 0 aliphatic rings.